The molecule has 1 aromatic carbocycles. The molecular formula is C15H22N2O2S2. The van der Waals surface area contributed by atoms with Gasteiger partial charge in [0.15, 0.2) is 0 Å². The summed E-state index contributed by atoms with van der Waals surface area (Å²) in [4.78, 5) is 11.3. The summed E-state index contributed by atoms with van der Waals surface area (Å²) >= 11 is 1.63. The summed E-state index contributed by atoms with van der Waals surface area (Å²) in [6.45, 7) is 3.52. The lowest BCUT2D eigenvalue weighted by Gasteiger charge is -2.13. The van der Waals surface area contributed by atoms with E-state index in [1.807, 2.05) is 25.3 Å². The standard InChI is InChI=1S/C15H22N2O2S2/c1-11(10-20-4)14-9-13(7-8-21(19)16-3)5-6-15(14)17-12(2)18/h5-6,9-10,16H,7-8H2,1-4H3,(H,17,18)/b11-10+. The Balaban J connectivity index is 3.05. The number of carbonyl (C=O) groups is 1. The molecule has 1 atom stereocenters. The van der Waals surface area contributed by atoms with E-state index in [0.717, 1.165) is 28.8 Å². The minimum Gasteiger partial charge on any atom is -0.326 e. The third-order valence-corrected chi connectivity index (χ3v) is 4.54. The number of amides is 1. The molecule has 0 aromatic heterocycles. The molecule has 0 heterocycles. The number of rotatable bonds is 7. The smallest absolute Gasteiger partial charge is 0.221 e. The van der Waals surface area contributed by atoms with Gasteiger partial charge < -0.3 is 5.32 Å². The summed E-state index contributed by atoms with van der Waals surface area (Å²) in [5.74, 6) is 0.484. The zero-order valence-corrected chi connectivity index (χ0v) is 14.5. The second-order valence-corrected chi connectivity index (χ2v) is 6.82. The largest absolute Gasteiger partial charge is 0.326 e. The quantitative estimate of drug-likeness (QED) is 0.810. The van der Waals surface area contributed by atoms with Crippen LogP contribution in [0.5, 0.6) is 0 Å². The normalized spacial score (nSPS) is 13.0. The minimum absolute atomic E-state index is 0.0859. The molecule has 4 nitrogen and oxygen atoms in total. The van der Waals surface area contributed by atoms with E-state index in [1.54, 1.807) is 18.8 Å². The van der Waals surface area contributed by atoms with Crippen LogP contribution in [0, 0.1) is 0 Å². The van der Waals surface area contributed by atoms with Crippen LogP contribution in [0.4, 0.5) is 5.69 Å². The second-order valence-electron chi connectivity index (χ2n) is 4.60. The first-order chi connectivity index (χ1) is 9.97. The van der Waals surface area contributed by atoms with E-state index in [0.29, 0.717) is 5.75 Å². The van der Waals surface area contributed by atoms with Crippen molar-refractivity contribution in [2.75, 3.05) is 24.4 Å². The topological polar surface area (TPSA) is 58.2 Å². The van der Waals surface area contributed by atoms with Gasteiger partial charge in [0.25, 0.3) is 0 Å². The van der Waals surface area contributed by atoms with E-state index >= 15 is 0 Å². The van der Waals surface area contributed by atoms with Gasteiger partial charge in [0.05, 0.1) is 11.0 Å². The van der Waals surface area contributed by atoms with Gasteiger partial charge in [-0.15, -0.1) is 11.8 Å². The number of allylic oxidation sites excluding steroid dienone is 1. The molecule has 1 rings (SSSR count). The van der Waals surface area contributed by atoms with Crippen molar-refractivity contribution in [3.05, 3.63) is 34.7 Å². The molecule has 1 unspecified atom stereocenters. The van der Waals surface area contributed by atoms with Crippen LogP contribution < -0.4 is 10.0 Å². The average Bonchev–Trinajstić information content (AvgIpc) is 2.45. The first kappa shape index (κ1) is 17.9. The zero-order valence-electron chi connectivity index (χ0n) is 12.9. The lowest BCUT2D eigenvalue weighted by atomic mass is 10.0. The Hall–Kier alpha value is -1.11. The van der Waals surface area contributed by atoms with Crippen LogP contribution in [-0.4, -0.2) is 29.2 Å². The summed E-state index contributed by atoms with van der Waals surface area (Å²) < 4.78 is 14.2. The van der Waals surface area contributed by atoms with E-state index in [-0.39, 0.29) is 5.91 Å². The van der Waals surface area contributed by atoms with Crippen molar-refractivity contribution in [2.24, 2.45) is 0 Å². The van der Waals surface area contributed by atoms with E-state index in [4.69, 9.17) is 0 Å². The maximum Gasteiger partial charge on any atom is 0.221 e. The number of hydrogen-bond acceptors (Lipinski definition) is 3. The second kappa shape index (κ2) is 9.02. The average molecular weight is 326 g/mol. The van der Waals surface area contributed by atoms with Crippen LogP contribution >= 0.6 is 11.8 Å². The van der Waals surface area contributed by atoms with Gasteiger partial charge in [-0.2, -0.15) is 0 Å². The first-order valence-electron chi connectivity index (χ1n) is 6.64. The van der Waals surface area contributed by atoms with Gasteiger partial charge in [-0.1, -0.05) is 6.07 Å². The van der Waals surface area contributed by atoms with Crippen LogP contribution in [0.1, 0.15) is 25.0 Å². The van der Waals surface area contributed by atoms with Crippen LogP contribution in [0.3, 0.4) is 0 Å². The Kier molecular flexibility index (Phi) is 7.71. The Morgan fingerprint density at radius 1 is 1.38 bits per heavy atom. The van der Waals surface area contributed by atoms with Gasteiger partial charge >= 0.3 is 0 Å². The number of thioether (sulfide) groups is 1. The molecule has 0 aliphatic rings. The molecular weight excluding hydrogens is 304 g/mol. The van der Waals surface area contributed by atoms with Gasteiger partial charge in [-0.05, 0) is 55.3 Å². The SMILES string of the molecule is CNS(=O)CCc1ccc(NC(C)=O)c(/C(C)=C/SC)c1. The van der Waals surface area contributed by atoms with Crippen molar-refractivity contribution in [3.8, 4) is 0 Å². The summed E-state index contributed by atoms with van der Waals surface area (Å²) in [5.41, 5.74) is 4.02. The van der Waals surface area contributed by atoms with Crippen molar-refractivity contribution in [2.45, 2.75) is 20.3 Å². The lowest BCUT2D eigenvalue weighted by Crippen LogP contribution is -2.15. The van der Waals surface area contributed by atoms with E-state index < -0.39 is 11.0 Å². The van der Waals surface area contributed by atoms with Crippen molar-refractivity contribution in [3.63, 3.8) is 0 Å². The zero-order chi connectivity index (χ0) is 15.8. The molecule has 0 aliphatic heterocycles. The number of carbonyl (C=O) groups excluding carboxylic acids is 1. The van der Waals surface area contributed by atoms with Gasteiger partial charge in [0.1, 0.15) is 0 Å². The fraction of sp³-hybridized carbons (Fsp3) is 0.400. The van der Waals surface area contributed by atoms with E-state index in [9.17, 15) is 9.00 Å². The number of anilines is 1. The maximum absolute atomic E-state index is 11.4. The minimum atomic E-state index is -1.00. The monoisotopic (exact) mass is 326 g/mol. The Bertz CT molecular complexity index is 557. The molecule has 0 spiro atoms. The molecule has 6 heteroatoms. The molecule has 1 amide bonds. The maximum atomic E-state index is 11.4. The van der Waals surface area contributed by atoms with Crippen LogP contribution in [0.15, 0.2) is 23.6 Å². The fourth-order valence-electron chi connectivity index (χ4n) is 1.92. The Labute approximate surface area is 133 Å². The van der Waals surface area contributed by atoms with Gasteiger partial charge in [0, 0.05) is 23.9 Å². The number of hydrogen-bond donors (Lipinski definition) is 2. The molecule has 0 saturated carbocycles. The van der Waals surface area contributed by atoms with E-state index in [1.165, 1.54) is 6.92 Å². The molecule has 1 aromatic rings. The number of benzene rings is 1. The lowest BCUT2D eigenvalue weighted by molar-refractivity contribution is -0.114. The van der Waals surface area contributed by atoms with Crippen LogP contribution in [-0.2, 0) is 22.2 Å². The highest BCUT2D eigenvalue weighted by Crippen LogP contribution is 2.27. The van der Waals surface area contributed by atoms with Crippen molar-refractivity contribution >= 4 is 39.9 Å². The van der Waals surface area contributed by atoms with Crippen LogP contribution in [0.2, 0.25) is 0 Å². The third-order valence-electron chi connectivity index (χ3n) is 2.92. The fourth-order valence-corrected chi connectivity index (χ4v) is 3.03. The number of nitrogens with one attached hydrogen (secondary N) is 2. The Morgan fingerprint density at radius 3 is 2.67 bits per heavy atom. The Morgan fingerprint density at radius 2 is 2.10 bits per heavy atom. The predicted molar refractivity (Wildman–Crippen MR) is 93.7 cm³/mol. The molecule has 0 fully saturated rings. The molecule has 116 valence electrons. The van der Waals surface area contributed by atoms with Gasteiger partial charge in [0.2, 0.25) is 5.91 Å². The van der Waals surface area contributed by atoms with E-state index in [2.05, 4.69) is 21.5 Å². The molecule has 21 heavy (non-hydrogen) atoms. The molecule has 0 saturated heterocycles. The van der Waals surface area contributed by atoms with Crippen LogP contribution in [0.25, 0.3) is 5.57 Å². The summed E-state index contributed by atoms with van der Waals surface area (Å²) in [6, 6.07) is 5.93. The molecule has 0 radical (unpaired) electrons. The molecule has 0 aliphatic carbocycles. The van der Waals surface area contributed by atoms with Crippen molar-refractivity contribution in [1.29, 1.82) is 0 Å². The third kappa shape index (κ3) is 6.03. The van der Waals surface area contributed by atoms with Gasteiger partial charge in [-0.3, -0.25) is 4.79 Å². The van der Waals surface area contributed by atoms with Crippen molar-refractivity contribution < 1.29 is 9.00 Å². The highest BCUT2D eigenvalue weighted by atomic mass is 32.2. The summed E-state index contributed by atoms with van der Waals surface area (Å²) in [5, 5.41) is 4.91. The number of aryl methyl sites for hydroxylation is 1. The van der Waals surface area contributed by atoms with Crippen molar-refractivity contribution in [1.82, 2.24) is 4.72 Å². The highest BCUT2D eigenvalue weighted by molar-refractivity contribution is 8.01. The first-order valence-corrected chi connectivity index (χ1v) is 9.24. The molecule has 2 N–H and O–H groups in total. The predicted octanol–water partition coefficient (Wildman–Crippen LogP) is 2.79. The summed E-state index contributed by atoms with van der Waals surface area (Å²) in [7, 11) is 0.686. The molecule has 0 bridgehead atoms. The highest BCUT2D eigenvalue weighted by Gasteiger charge is 2.08. The van der Waals surface area contributed by atoms with Gasteiger partial charge in [-0.25, -0.2) is 8.93 Å². The summed E-state index contributed by atoms with van der Waals surface area (Å²) in [6.07, 6.45) is 2.73.